The van der Waals surface area contributed by atoms with Gasteiger partial charge in [-0.1, -0.05) is 6.07 Å². The molecule has 1 aromatic rings. The van der Waals surface area contributed by atoms with Crippen LogP contribution in [0.2, 0.25) is 0 Å². The first-order valence-electron chi connectivity index (χ1n) is 4.39. The number of thiophene rings is 1. The predicted molar refractivity (Wildman–Crippen MR) is 56.1 cm³/mol. The lowest BCUT2D eigenvalue weighted by Crippen LogP contribution is -2.29. The molecule has 0 bridgehead atoms. The fourth-order valence-electron chi connectivity index (χ4n) is 1.44. The van der Waals surface area contributed by atoms with E-state index in [2.05, 4.69) is 0 Å². The van der Waals surface area contributed by atoms with Crippen molar-refractivity contribution >= 4 is 23.3 Å². The monoisotopic (exact) mass is 239 g/mol. The number of hydrogen-bond donors (Lipinski definition) is 2. The van der Waals surface area contributed by atoms with E-state index in [4.69, 9.17) is 15.5 Å². The Morgan fingerprint density at radius 3 is 2.25 bits per heavy atom. The van der Waals surface area contributed by atoms with Crippen LogP contribution in [-0.2, 0) is 15.0 Å². The predicted octanol–water partition coefficient (Wildman–Crippen LogP) is 1.46. The SMILES string of the molecule is N#CC(CC(=O)O)(CC(=O)O)c1cccs1. The molecule has 0 fully saturated rings. The summed E-state index contributed by atoms with van der Waals surface area (Å²) in [6.07, 6.45) is -1.01. The molecular formula is C10H9NO4S. The lowest BCUT2D eigenvalue weighted by molar-refractivity contribution is -0.140. The normalized spacial score (nSPS) is 10.7. The second kappa shape index (κ2) is 4.77. The minimum Gasteiger partial charge on any atom is -0.481 e. The van der Waals surface area contributed by atoms with Gasteiger partial charge in [-0.25, -0.2) is 0 Å². The van der Waals surface area contributed by atoms with Crippen molar-refractivity contribution in [3.05, 3.63) is 22.4 Å². The zero-order valence-electron chi connectivity index (χ0n) is 8.21. The summed E-state index contributed by atoms with van der Waals surface area (Å²) < 4.78 is 0. The topological polar surface area (TPSA) is 98.4 Å². The van der Waals surface area contributed by atoms with Crippen LogP contribution in [0.25, 0.3) is 0 Å². The number of nitriles is 1. The van der Waals surface area contributed by atoms with Gasteiger partial charge < -0.3 is 10.2 Å². The molecule has 0 amide bonds. The van der Waals surface area contributed by atoms with Gasteiger partial charge in [0.2, 0.25) is 0 Å². The Labute approximate surface area is 95.6 Å². The van der Waals surface area contributed by atoms with E-state index >= 15 is 0 Å². The molecule has 1 rings (SSSR count). The molecule has 0 saturated carbocycles. The summed E-state index contributed by atoms with van der Waals surface area (Å²) in [4.78, 5) is 21.9. The standard InChI is InChI=1S/C10H9NO4S/c11-6-10(4-8(12)13,5-9(14)15)7-2-1-3-16-7/h1-3H,4-5H2,(H,12,13)(H,14,15). The van der Waals surface area contributed by atoms with E-state index < -0.39 is 30.2 Å². The minimum atomic E-state index is -1.47. The number of carboxylic acid groups (broad SMARTS) is 2. The highest BCUT2D eigenvalue weighted by atomic mass is 32.1. The van der Waals surface area contributed by atoms with Gasteiger partial charge in [0.05, 0.1) is 18.9 Å². The molecule has 5 nitrogen and oxygen atoms in total. The first kappa shape index (κ1) is 12.2. The Kier molecular flexibility index (Phi) is 3.64. The summed E-state index contributed by atoms with van der Waals surface area (Å²) in [5.74, 6) is -2.37. The van der Waals surface area contributed by atoms with Gasteiger partial charge in [0, 0.05) is 4.88 Å². The molecule has 2 N–H and O–H groups in total. The van der Waals surface area contributed by atoms with E-state index in [9.17, 15) is 9.59 Å². The van der Waals surface area contributed by atoms with Crippen LogP contribution in [0.5, 0.6) is 0 Å². The lowest BCUT2D eigenvalue weighted by Gasteiger charge is -2.21. The Balaban J connectivity index is 3.13. The highest BCUT2D eigenvalue weighted by molar-refractivity contribution is 7.10. The molecule has 0 aliphatic rings. The molecule has 6 heteroatoms. The van der Waals surface area contributed by atoms with E-state index in [1.165, 1.54) is 11.3 Å². The van der Waals surface area contributed by atoms with Crippen molar-refractivity contribution in [2.45, 2.75) is 18.3 Å². The van der Waals surface area contributed by atoms with Crippen molar-refractivity contribution < 1.29 is 19.8 Å². The van der Waals surface area contributed by atoms with Gasteiger partial charge >= 0.3 is 11.9 Å². The van der Waals surface area contributed by atoms with E-state index in [0.717, 1.165) is 0 Å². The first-order valence-corrected chi connectivity index (χ1v) is 5.27. The summed E-state index contributed by atoms with van der Waals surface area (Å²) in [6, 6.07) is 5.07. The number of nitrogens with zero attached hydrogens (tertiary/aromatic N) is 1. The molecule has 1 aromatic heterocycles. The van der Waals surface area contributed by atoms with Crippen molar-refractivity contribution in [2.75, 3.05) is 0 Å². The average molecular weight is 239 g/mol. The molecule has 0 spiro atoms. The maximum Gasteiger partial charge on any atom is 0.305 e. The largest absolute Gasteiger partial charge is 0.481 e. The maximum absolute atomic E-state index is 10.7. The molecule has 16 heavy (non-hydrogen) atoms. The molecular weight excluding hydrogens is 230 g/mol. The van der Waals surface area contributed by atoms with Gasteiger partial charge in [0.15, 0.2) is 0 Å². The second-order valence-corrected chi connectivity index (χ2v) is 4.26. The van der Waals surface area contributed by atoms with Gasteiger partial charge in [-0.3, -0.25) is 9.59 Å². The van der Waals surface area contributed by atoms with Crippen LogP contribution in [0.1, 0.15) is 17.7 Å². The summed E-state index contributed by atoms with van der Waals surface area (Å²) in [5.41, 5.74) is -1.47. The van der Waals surface area contributed by atoms with E-state index in [-0.39, 0.29) is 0 Å². The lowest BCUT2D eigenvalue weighted by atomic mass is 9.81. The molecule has 0 saturated heterocycles. The molecule has 0 unspecified atom stereocenters. The van der Waals surface area contributed by atoms with Crippen molar-refractivity contribution in [3.8, 4) is 6.07 Å². The highest BCUT2D eigenvalue weighted by Crippen LogP contribution is 2.34. The summed E-state index contributed by atoms with van der Waals surface area (Å²) >= 11 is 1.19. The van der Waals surface area contributed by atoms with E-state index in [0.29, 0.717) is 4.88 Å². The van der Waals surface area contributed by atoms with E-state index in [1.54, 1.807) is 17.5 Å². The molecule has 0 aliphatic heterocycles. The van der Waals surface area contributed by atoms with Crippen molar-refractivity contribution in [1.82, 2.24) is 0 Å². The van der Waals surface area contributed by atoms with Crippen LogP contribution in [0, 0.1) is 11.3 Å². The zero-order chi connectivity index (χ0) is 12.2. The van der Waals surface area contributed by atoms with Crippen molar-refractivity contribution in [1.29, 1.82) is 5.26 Å². The average Bonchev–Trinajstić information content (AvgIpc) is 2.68. The summed E-state index contributed by atoms with van der Waals surface area (Å²) in [7, 11) is 0. The molecule has 1 heterocycles. The summed E-state index contributed by atoms with van der Waals surface area (Å²) in [5, 5.41) is 28.3. The minimum absolute atomic E-state index is 0.472. The maximum atomic E-state index is 10.7. The number of rotatable bonds is 5. The van der Waals surface area contributed by atoms with Crippen molar-refractivity contribution in [3.63, 3.8) is 0 Å². The van der Waals surface area contributed by atoms with Gasteiger partial charge in [-0.05, 0) is 11.4 Å². The number of aliphatic carboxylic acids is 2. The fraction of sp³-hybridized carbons (Fsp3) is 0.300. The molecule has 0 aromatic carbocycles. The van der Waals surface area contributed by atoms with Crippen LogP contribution in [0.4, 0.5) is 0 Å². The van der Waals surface area contributed by atoms with E-state index in [1.807, 2.05) is 6.07 Å². The smallest absolute Gasteiger partial charge is 0.305 e. The Bertz CT molecular complexity index is 416. The zero-order valence-corrected chi connectivity index (χ0v) is 9.03. The Morgan fingerprint density at radius 1 is 1.38 bits per heavy atom. The quantitative estimate of drug-likeness (QED) is 0.810. The van der Waals surface area contributed by atoms with Crippen molar-refractivity contribution in [2.24, 2.45) is 0 Å². The van der Waals surface area contributed by atoms with Gasteiger partial charge in [0.25, 0.3) is 0 Å². The number of carboxylic acids is 2. The first-order chi connectivity index (χ1) is 7.50. The van der Waals surface area contributed by atoms with Crippen LogP contribution in [0.3, 0.4) is 0 Å². The molecule has 0 atom stereocenters. The molecule has 0 radical (unpaired) electrons. The third kappa shape index (κ3) is 2.58. The van der Waals surface area contributed by atoms with Crippen LogP contribution < -0.4 is 0 Å². The Morgan fingerprint density at radius 2 is 1.94 bits per heavy atom. The number of hydrogen-bond acceptors (Lipinski definition) is 4. The molecule has 0 aliphatic carbocycles. The van der Waals surface area contributed by atoms with Gasteiger partial charge in [-0.2, -0.15) is 5.26 Å². The Hall–Kier alpha value is -1.87. The third-order valence-corrected chi connectivity index (χ3v) is 3.19. The highest BCUT2D eigenvalue weighted by Gasteiger charge is 2.38. The van der Waals surface area contributed by atoms with Crippen LogP contribution in [-0.4, -0.2) is 22.2 Å². The summed E-state index contributed by atoms with van der Waals surface area (Å²) in [6.45, 7) is 0. The van der Waals surface area contributed by atoms with Crippen LogP contribution >= 0.6 is 11.3 Å². The third-order valence-electron chi connectivity index (χ3n) is 2.11. The second-order valence-electron chi connectivity index (χ2n) is 3.31. The fourth-order valence-corrected chi connectivity index (χ4v) is 2.31. The van der Waals surface area contributed by atoms with Gasteiger partial charge in [-0.15, -0.1) is 11.3 Å². The van der Waals surface area contributed by atoms with Gasteiger partial charge in [0.1, 0.15) is 5.41 Å². The van der Waals surface area contributed by atoms with Crippen LogP contribution in [0.15, 0.2) is 17.5 Å². The number of carbonyl (C=O) groups is 2. The molecule has 84 valence electrons.